The predicted molar refractivity (Wildman–Crippen MR) is 110 cm³/mol. The summed E-state index contributed by atoms with van der Waals surface area (Å²) in [6.45, 7) is 0. The van der Waals surface area contributed by atoms with Gasteiger partial charge in [-0.3, -0.25) is 4.79 Å². The number of hydrogen-bond donors (Lipinski definition) is 1. The topological polar surface area (TPSA) is 89.0 Å². The molecule has 0 radical (unpaired) electrons. The summed E-state index contributed by atoms with van der Waals surface area (Å²) in [6, 6.07) is 6.74. The van der Waals surface area contributed by atoms with Crippen molar-refractivity contribution in [2.45, 2.75) is 11.3 Å². The fraction of sp³-hybridized carbons (Fsp3) is 0.118. The van der Waals surface area contributed by atoms with Crippen LogP contribution in [0, 0.1) is 0 Å². The number of nitrogens with zero attached hydrogens (tertiary/aromatic N) is 2. The van der Waals surface area contributed by atoms with Crippen molar-refractivity contribution >= 4 is 65.1 Å². The summed E-state index contributed by atoms with van der Waals surface area (Å²) < 4.78 is 24.0. The van der Waals surface area contributed by atoms with Crippen molar-refractivity contribution in [3.8, 4) is 10.6 Å². The Labute approximate surface area is 167 Å². The van der Waals surface area contributed by atoms with Crippen LogP contribution in [-0.4, -0.2) is 30.5 Å². The normalized spacial score (nSPS) is 11.7. The van der Waals surface area contributed by atoms with Gasteiger partial charge in [-0.2, -0.15) is 11.3 Å². The van der Waals surface area contributed by atoms with E-state index in [1.54, 1.807) is 23.5 Å². The first kappa shape index (κ1) is 18.2. The van der Waals surface area contributed by atoms with Crippen molar-refractivity contribution < 1.29 is 13.2 Å². The molecule has 0 saturated heterocycles. The number of sulfone groups is 1. The van der Waals surface area contributed by atoms with Crippen molar-refractivity contribution in [1.82, 2.24) is 9.97 Å². The zero-order valence-electron chi connectivity index (χ0n) is 14.0. The molecule has 4 rings (SSSR count). The number of carbonyl (C=O) groups is 1. The average molecular weight is 436 g/mol. The lowest BCUT2D eigenvalue weighted by atomic mass is 10.3. The first-order valence-corrected chi connectivity index (χ1v) is 12.3. The Morgan fingerprint density at radius 1 is 1.19 bits per heavy atom. The Morgan fingerprint density at radius 2 is 2.04 bits per heavy atom. The molecule has 3 heterocycles. The van der Waals surface area contributed by atoms with Crippen molar-refractivity contribution in [2.75, 3.05) is 11.6 Å². The van der Waals surface area contributed by atoms with Crippen LogP contribution in [-0.2, 0) is 21.1 Å². The lowest BCUT2D eigenvalue weighted by Crippen LogP contribution is -2.14. The Bertz CT molecular complexity index is 1220. The van der Waals surface area contributed by atoms with E-state index >= 15 is 0 Å². The predicted octanol–water partition coefficient (Wildman–Crippen LogP) is 4.07. The Kier molecular flexibility index (Phi) is 4.81. The van der Waals surface area contributed by atoms with Crippen LogP contribution in [0.3, 0.4) is 0 Å². The molecular formula is C17H13N3O3S4. The molecule has 10 heteroatoms. The molecule has 1 aromatic carbocycles. The van der Waals surface area contributed by atoms with Gasteiger partial charge in [0.2, 0.25) is 5.91 Å². The summed E-state index contributed by atoms with van der Waals surface area (Å²) in [5.74, 6) is -0.209. The van der Waals surface area contributed by atoms with Gasteiger partial charge in [0.15, 0.2) is 15.0 Å². The van der Waals surface area contributed by atoms with Gasteiger partial charge in [-0.15, -0.1) is 11.3 Å². The highest BCUT2D eigenvalue weighted by Gasteiger charge is 2.14. The minimum absolute atomic E-state index is 0.158. The van der Waals surface area contributed by atoms with Gasteiger partial charge in [-0.1, -0.05) is 11.3 Å². The maximum Gasteiger partial charge on any atom is 0.232 e. The highest BCUT2D eigenvalue weighted by Crippen LogP contribution is 2.29. The van der Waals surface area contributed by atoms with Gasteiger partial charge in [0, 0.05) is 22.6 Å². The number of fused-ring (bicyclic) bond motifs is 1. The van der Waals surface area contributed by atoms with Crippen molar-refractivity contribution in [2.24, 2.45) is 0 Å². The number of thiazole rings is 2. The van der Waals surface area contributed by atoms with E-state index in [0.29, 0.717) is 21.0 Å². The minimum atomic E-state index is -3.28. The van der Waals surface area contributed by atoms with Crippen LogP contribution in [0.1, 0.15) is 5.69 Å². The van der Waals surface area contributed by atoms with Gasteiger partial charge in [-0.05, 0) is 29.6 Å². The van der Waals surface area contributed by atoms with Crippen LogP contribution in [0.4, 0.5) is 5.13 Å². The van der Waals surface area contributed by atoms with Gasteiger partial charge in [0.25, 0.3) is 0 Å². The lowest BCUT2D eigenvalue weighted by molar-refractivity contribution is -0.115. The third-order valence-electron chi connectivity index (χ3n) is 3.70. The van der Waals surface area contributed by atoms with Crippen molar-refractivity contribution in [3.05, 3.63) is 46.1 Å². The lowest BCUT2D eigenvalue weighted by Gasteiger charge is -1.98. The molecule has 0 spiro atoms. The summed E-state index contributed by atoms with van der Waals surface area (Å²) >= 11 is 4.36. The number of hydrogen-bond acceptors (Lipinski definition) is 8. The van der Waals surface area contributed by atoms with Crippen LogP contribution in [0.5, 0.6) is 0 Å². The molecule has 0 aliphatic heterocycles. The highest BCUT2D eigenvalue weighted by molar-refractivity contribution is 7.90. The molecule has 1 amide bonds. The number of thiophene rings is 1. The molecule has 0 unspecified atom stereocenters. The smallest absolute Gasteiger partial charge is 0.232 e. The fourth-order valence-electron chi connectivity index (χ4n) is 2.42. The Balaban J connectivity index is 1.48. The number of rotatable bonds is 5. The number of nitrogens with one attached hydrogen (secondary N) is 1. The fourth-order valence-corrected chi connectivity index (χ4v) is 5.60. The SMILES string of the molecule is CS(=O)(=O)c1ccc2nc(NC(=O)Cc3csc(-c4ccsc4)n3)sc2c1. The largest absolute Gasteiger partial charge is 0.302 e. The van der Waals surface area contributed by atoms with E-state index in [2.05, 4.69) is 15.3 Å². The number of amides is 1. The molecule has 4 aromatic rings. The number of anilines is 1. The highest BCUT2D eigenvalue weighted by atomic mass is 32.2. The van der Waals surface area contributed by atoms with Crippen molar-refractivity contribution in [3.63, 3.8) is 0 Å². The second-order valence-electron chi connectivity index (χ2n) is 5.80. The number of aromatic nitrogens is 2. The Hall–Kier alpha value is -2.14. The zero-order valence-corrected chi connectivity index (χ0v) is 17.3. The molecule has 138 valence electrons. The van der Waals surface area contributed by atoms with Gasteiger partial charge in [-0.25, -0.2) is 18.4 Å². The molecule has 0 fully saturated rings. The molecule has 6 nitrogen and oxygen atoms in total. The van der Waals surface area contributed by atoms with Crippen molar-refractivity contribution in [1.29, 1.82) is 0 Å². The minimum Gasteiger partial charge on any atom is -0.302 e. The zero-order chi connectivity index (χ0) is 19.0. The summed E-state index contributed by atoms with van der Waals surface area (Å²) in [7, 11) is -3.28. The first-order valence-electron chi connectivity index (χ1n) is 7.76. The summed E-state index contributed by atoms with van der Waals surface area (Å²) in [4.78, 5) is 21.4. The first-order chi connectivity index (χ1) is 12.9. The second-order valence-corrected chi connectivity index (χ2v) is 10.5. The molecule has 0 bridgehead atoms. The summed E-state index contributed by atoms with van der Waals surface area (Å²) in [6.07, 6.45) is 1.32. The van der Waals surface area contributed by atoms with Gasteiger partial charge < -0.3 is 5.32 Å². The molecule has 3 aromatic heterocycles. The third-order valence-corrected chi connectivity index (χ3v) is 7.36. The standard InChI is InChI=1S/C17H13N3O3S4/c1-27(22,23)12-2-3-13-14(7-12)26-17(19-13)20-15(21)6-11-9-25-16(18-11)10-4-5-24-8-10/h2-5,7-9H,6H2,1H3,(H,19,20,21). The average Bonchev–Trinajstić information content (AvgIpc) is 3.33. The monoisotopic (exact) mass is 435 g/mol. The molecule has 0 aliphatic carbocycles. The van der Waals surface area contributed by atoms with Crippen LogP contribution in [0.15, 0.2) is 45.3 Å². The molecule has 0 atom stereocenters. The van der Waals surface area contributed by atoms with Gasteiger partial charge in [0.1, 0.15) is 5.01 Å². The van der Waals surface area contributed by atoms with E-state index in [1.165, 1.54) is 28.7 Å². The van der Waals surface area contributed by atoms with E-state index in [1.807, 2.05) is 22.2 Å². The number of benzene rings is 1. The molecule has 27 heavy (non-hydrogen) atoms. The van der Waals surface area contributed by atoms with Gasteiger partial charge >= 0.3 is 0 Å². The quantitative estimate of drug-likeness (QED) is 0.510. The van der Waals surface area contributed by atoms with Crippen LogP contribution in [0.25, 0.3) is 20.8 Å². The van der Waals surface area contributed by atoms with Crippen LogP contribution >= 0.6 is 34.0 Å². The van der Waals surface area contributed by atoms with E-state index in [4.69, 9.17) is 0 Å². The van der Waals surface area contributed by atoms with E-state index in [-0.39, 0.29) is 17.2 Å². The third kappa shape index (κ3) is 4.08. The summed E-state index contributed by atoms with van der Waals surface area (Å²) in [5, 5.41) is 9.99. The summed E-state index contributed by atoms with van der Waals surface area (Å²) in [5.41, 5.74) is 2.42. The Morgan fingerprint density at radius 3 is 2.78 bits per heavy atom. The van der Waals surface area contributed by atoms with Gasteiger partial charge in [0.05, 0.1) is 27.2 Å². The number of carbonyl (C=O) groups excluding carboxylic acids is 1. The molecule has 0 aliphatic rings. The van der Waals surface area contributed by atoms with Crippen LogP contribution in [0.2, 0.25) is 0 Å². The van der Waals surface area contributed by atoms with Crippen LogP contribution < -0.4 is 5.32 Å². The maximum absolute atomic E-state index is 12.3. The van der Waals surface area contributed by atoms with E-state index in [0.717, 1.165) is 16.8 Å². The molecule has 1 N–H and O–H groups in total. The molecular weight excluding hydrogens is 422 g/mol. The maximum atomic E-state index is 12.3. The van der Waals surface area contributed by atoms with E-state index in [9.17, 15) is 13.2 Å². The van der Waals surface area contributed by atoms with E-state index < -0.39 is 9.84 Å². The second kappa shape index (κ2) is 7.12. The molecule has 0 saturated carbocycles.